The van der Waals surface area contributed by atoms with E-state index >= 15 is 0 Å². The third-order valence-electron chi connectivity index (χ3n) is 2.68. The predicted molar refractivity (Wildman–Crippen MR) is 63.2 cm³/mol. The summed E-state index contributed by atoms with van der Waals surface area (Å²) in [5, 5.41) is 0. The predicted octanol–water partition coefficient (Wildman–Crippen LogP) is 1.39. The lowest BCUT2D eigenvalue weighted by Gasteiger charge is -2.20. The highest BCUT2D eigenvalue weighted by Gasteiger charge is 2.39. The van der Waals surface area contributed by atoms with Gasteiger partial charge in [0.05, 0.1) is 11.1 Å². The number of amides is 2. The van der Waals surface area contributed by atoms with Gasteiger partial charge in [0.25, 0.3) is 11.8 Å². The highest BCUT2D eigenvalue weighted by molar-refractivity contribution is 9.10. The first-order valence-electron chi connectivity index (χ1n) is 4.94. The van der Waals surface area contributed by atoms with Crippen molar-refractivity contribution in [2.24, 2.45) is 5.73 Å². The zero-order chi connectivity index (χ0) is 11.9. The van der Waals surface area contributed by atoms with Crippen molar-refractivity contribution in [2.45, 2.75) is 13.0 Å². The SMILES string of the molecule is CC(CN)N1C(=O)c2cccc(Br)c2C1=O. The van der Waals surface area contributed by atoms with Gasteiger partial charge in [0.15, 0.2) is 0 Å². The number of imide groups is 1. The third kappa shape index (κ3) is 1.47. The van der Waals surface area contributed by atoms with Crippen LogP contribution in [0, 0.1) is 0 Å². The smallest absolute Gasteiger partial charge is 0.262 e. The summed E-state index contributed by atoms with van der Waals surface area (Å²) in [5.74, 6) is -0.537. The standard InChI is InChI=1S/C11H11BrN2O2/c1-6(5-13)14-10(15)7-3-2-4-8(12)9(7)11(14)16/h2-4,6H,5,13H2,1H3. The van der Waals surface area contributed by atoms with Crippen LogP contribution < -0.4 is 5.73 Å². The molecule has 4 nitrogen and oxygen atoms in total. The lowest BCUT2D eigenvalue weighted by molar-refractivity contribution is 0.0601. The van der Waals surface area contributed by atoms with Gasteiger partial charge >= 0.3 is 0 Å². The van der Waals surface area contributed by atoms with Gasteiger partial charge in [-0.2, -0.15) is 0 Å². The summed E-state index contributed by atoms with van der Waals surface area (Å²) >= 11 is 3.28. The normalized spacial score (nSPS) is 16.6. The number of hydrogen-bond donors (Lipinski definition) is 1. The van der Waals surface area contributed by atoms with Gasteiger partial charge in [-0.15, -0.1) is 0 Å². The van der Waals surface area contributed by atoms with E-state index in [-0.39, 0.29) is 24.4 Å². The maximum Gasteiger partial charge on any atom is 0.262 e. The van der Waals surface area contributed by atoms with Crippen LogP contribution in [0.4, 0.5) is 0 Å². The Hall–Kier alpha value is -1.20. The van der Waals surface area contributed by atoms with Crippen molar-refractivity contribution in [1.29, 1.82) is 0 Å². The van der Waals surface area contributed by atoms with Crippen molar-refractivity contribution in [3.05, 3.63) is 33.8 Å². The fourth-order valence-corrected chi connectivity index (χ4v) is 2.30. The van der Waals surface area contributed by atoms with Crippen molar-refractivity contribution in [1.82, 2.24) is 4.90 Å². The van der Waals surface area contributed by atoms with Crippen LogP contribution in [-0.2, 0) is 0 Å². The minimum absolute atomic E-state index is 0.265. The summed E-state index contributed by atoms with van der Waals surface area (Å²) in [6.07, 6.45) is 0. The summed E-state index contributed by atoms with van der Waals surface area (Å²) in [6.45, 7) is 2.03. The van der Waals surface area contributed by atoms with Crippen LogP contribution in [0.5, 0.6) is 0 Å². The molecule has 1 unspecified atom stereocenters. The van der Waals surface area contributed by atoms with Gasteiger partial charge in [-0.1, -0.05) is 6.07 Å². The first kappa shape index (κ1) is 11.3. The molecule has 0 radical (unpaired) electrons. The Morgan fingerprint density at radius 1 is 1.38 bits per heavy atom. The second-order valence-corrected chi connectivity index (χ2v) is 4.58. The Morgan fingerprint density at radius 3 is 2.62 bits per heavy atom. The number of rotatable bonds is 2. The molecule has 84 valence electrons. The largest absolute Gasteiger partial charge is 0.328 e. The molecule has 1 aromatic rings. The molecule has 2 N–H and O–H groups in total. The first-order valence-corrected chi connectivity index (χ1v) is 5.73. The molecule has 0 saturated heterocycles. The van der Waals surface area contributed by atoms with E-state index in [9.17, 15) is 9.59 Å². The van der Waals surface area contributed by atoms with E-state index in [0.717, 1.165) is 0 Å². The van der Waals surface area contributed by atoms with Crippen molar-refractivity contribution in [2.75, 3.05) is 6.54 Å². The van der Waals surface area contributed by atoms with Gasteiger partial charge in [-0.05, 0) is 35.0 Å². The lowest BCUT2D eigenvalue weighted by atomic mass is 10.1. The van der Waals surface area contributed by atoms with Gasteiger partial charge in [0.1, 0.15) is 0 Å². The monoisotopic (exact) mass is 282 g/mol. The maximum absolute atomic E-state index is 12.0. The fraction of sp³-hybridized carbons (Fsp3) is 0.273. The summed E-state index contributed by atoms with van der Waals surface area (Å²) in [7, 11) is 0. The molecule has 5 heteroatoms. The molecular weight excluding hydrogens is 272 g/mol. The summed E-state index contributed by atoms with van der Waals surface area (Å²) in [5.41, 5.74) is 6.37. The highest BCUT2D eigenvalue weighted by atomic mass is 79.9. The topological polar surface area (TPSA) is 63.4 Å². The fourth-order valence-electron chi connectivity index (χ4n) is 1.77. The van der Waals surface area contributed by atoms with Crippen molar-refractivity contribution in [3.8, 4) is 0 Å². The average Bonchev–Trinajstić information content (AvgIpc) is 2.52. The third-order valence-corrected chi connectivity index (χ3v) is 3.34. The number of carbonyl (C=O) groups excluding carboxylic acids is 2. The second-order valence-electron chi connectivity index (χ2n) is 3.73. The van der Waals surface area contributed by atoms with Crippen LogP contribution in [0.1, 0.15) is 27.6 Å². The Labute approximate surface area is 102 Å². The Balaban J connectivity index is 2.53. The van der Waals surface area contributed by atoms with E-state index in [1.165, 1.54) is 4.90 Å². The van der Waals surface area contributed by atoms with Crippen molar-refractivity contribution >= 4 is 27.7 Å². The van der Waals surface area contributed by atoms with Crippen LogP contribution in [-0.4, -0.2) is 29.3 Å². The van der Waals surface area contributed by atoms with Crippen LogP contribution in [0.15, 0.2) is 22.7 Å². The quantitative estimate of drug-likeness (QED) is 0.834. The molecule has 1 heterocycles. The van der Waals surface area contributed by atoms with E-state index in [1.807, 2.05) is 0 Å². The molecule has 0 aliphatic carbocycles. The van der Waals surface area contributed by atoms with E-state index in [1.54, 1.807) is 25.1 Å². The van der Waals surface area contributed by atoms with Crippen molar-refractivity contribution < 1.29 is 9.59 Å². The average molecular weight is 283 g/mol. The van der Waals surface area contributed by atoms with E-state index in [2.05, 4.69) is 15.9 Å². The van der Waals surface area contributed by atoms with Crippen LogP contribution in [0.25, 0.3) is 0 Å². The molecule has 1 aliphatic heterocycles. The molecular formula is C11H11BrN2O2. The Bertz CT molecular complexity index is 473. The molecule has 2 amide bonds. The molecule has 1 atom stereocenters. The minimum Gasteiger partial charge on any atom is -0.328 e. The number of hydrogen-bond acceptors (Lipinski definition) is 3. The Kier molecular flexibility index (Phi) is 2.82. The number of fused-ring (bicyclic) bond motifs is 1. The molecule has 0 saturated carbocycles. The number of halogens is 1. The zero-order valence-electron chi connectivity index (χ0n) is 8.74. The van der Waals surface area contributed by atoms with Gasteiger partial charge in [0.2, 0.25) is 0 Å². The molecule has 0 spiro atoms. The lowest BCUT2D eigenvalue weighted by Crippen LogP contribution is -2.42. The summed E-state index contributed by atoms with van der Waals surface area (Å²) in [4.78, 5) is 25.3. The number of carbonyl (C=O) groups is 2. The van der Waals surface area contributed by atoms with Crippen LogP contribution in [0.2, 0.25) is 0 Å². The summed E-state index contributed by atoms with van der Waals surface area (Å²) in [6, 6.07) is 4.87. The van der Waals surface area contributed by atoms with Crippen LogP contribution in [0.3, 0.4) is 0 Å². The van der Waals surface area contributed by atoms with E-state index in [4.69, 9.17) is 5.73 Å². The molecule has 2 rings (SSSR count). The highest BCUT2D eigenvalue weighted by Crippen LogP contribution is 2.30. The van der Waals surface area contributed by atoms with Gasteiger partial charge in [0, 0.05) is 17.1 Å². The van der Waals surface area contributed by atoms with E-state index < -0.39 is 0 Å². The van der Waals surface area contributed by atoms with Gasteiger partial charge in [-0.3, -0.25) is 14.5 Å². The second kappa shape index (κ2) is 3.99. The molecule has 16 heavy (non-hydrogen) atoms. The summed E-state index contributed by atoms with van der Waals surface area (Å²) < 4.78 is 0.648. The maximum atomic E-state index is 12.0. The number of benzene rings is 1. The van der Waals surface area contributed by atoms with Crippen LogP contribution >= 0.6 is 15.9 Å². The number of nitrogens with zero attached hydrogens (tertiary/aromatic N) is 1. The molecule has 0 bridgehead atoms. The minimum atomic E-state index is -0.278. The molecule has 0 fully saturated rings. The van der Waals surface area contributed by atoms with Gasteiger partial charge < -0.3 is 5.73 Å². The molecule has 0 aromatic heterocycles. The van der Waals surface area contributed by atoms with Gasteiger partial charge in [-0.25, -0.2) is 0 Å². The zero-order valence-corrected chi connectivity index (χ0v) is 10.3. The molecule has 1 aromatic carbocycles. The number of nitrogens with two attached hydrogens (primary N) is 1. The Morgan fingerprint density at radius 2 is 2.06 bits per heavy atom. The van der Waals surface area contributed by atoms with E-state index in [0.29, 0.717) is 15.6 Å². The first-order chi connectivity index (χ1) is 7.57. The van der Waals surface area contributed by atoms with Crippen molar-refractivity contribution in [3.63, 3.8) is 0 Å². The molecule has 1 aliphatic rings.